The molecule has 23 heavy (non-hydrogen) atoms. The fourth-order valence-corrected chi connectivity index (χ4v) is 4.39. The smallest absolute Gasteiger partial charge is 0.0381 e. The molecule has 138 valence electrons. The molecule has 0 radical (unpaired) electrons. The van der Waals surface area contributed by atoms with Crippen molar-refractivity contribution in [2.24, 2.45) is 23.7 Å². The Hall–Kier alpha value is 0. The molecule has 2 atom stereocenters. The molecule has 0 nitrogen and oxygen atoms in total. The molecule has 2 unspecified atom stereocenters. The minimum Gasteiger partial charge on any atom is -0.0654 e. The van der Waals surface area contributed by atoms with E-state index in [2.05, 4.69) is 27.7 Å². The van der Waals surface area contributed by atoms with Gasteiger partial charge in [-0.25, -0.2) is 0 Å². The van der Waals surface area contributed by atoms with E-state index in [9.17, 15) is 0 Å². The number of unbranched alkanes of at least 4 members (excludes halogenated alkanes) is 10. The van der Waals surface area contributed by atoms with E-state index in [-0.39, 0.29) is 0 Å². The highest BCUT2D eigenvalue weighted by atomic mass is 14.4. The van der Waals surface area contributed by atoms with Crippen LogP contribution < -0.4 is 0 Å². The summed E-state index contributed by atoms with van der Waals surface area (Å²) in [5, 5.41) is 0. The summed E-state index contributed by atoms with van der Waals surface area (Å²) in [6.45, 7) is 9.59. The van der Waals surface area contributed by atoms with E-state index >= 15 is 0 Å². The van der Waals surface area contributed by atoms with Crippen LogP contribution in [0.3, 0.4) is 0 Å². The number of hydrogen-bond acceptors (Lipinski definition) is 0. The zero-order valence-corrected chi connectivity index (χ0v) is 16.9. The third kappa shape index (κ3) is 9.16. The third-order valence-corrected chi connectivity index (χ3v) is 6.77. The monoisotopic (exact) mass is 322 g/mol. The summed E-state index contributed by atoms with van der Waals surface area (Å²) < 4.78 is 0. The van der Waals surface area contributed by atoms with Crippen LogP contribution >= 0.6 is 0 Å². The van der Waals surface area contributed by atoms with Crippen LogP contribution in [0.15, 0.2) is 0 Å². The lowest BCUT2D eigenvalue weighted by molar-refractivity contribution is 0.0916. The molecule has 0 spiro atoms. The van der Waals surface area contributed by atoms with Crippen LogP contribution in [-0.4, -0.2) is 0 Å². The topological polar surface area (TPSA) is 0 Å². The van der Waals surface area contributed by atoms with Crippen LogP contribution in [0, 0.1) is 23.7 Å². The SMILES string of the molecule is CCCCCCCCCCCCCC1CC(C(C)C(C)CC)C1. The maximum Gasteiger partial charge on any atom is -0.0381 e. The van der Waals surface area contributed by atoms with Gasteiger partial charge in [-0.1, -0.05) is 111 Å². The second kappa shape index (κ2) is 13.3. The molecule has 1 saturated carbocycles. The summed E-state index contributed by atoms with van der Waals surface area (Å²) >= 11 is 0. The van der Waals surface area contributed by atoms with Crippen molar-refractivity contribution in [3.8, 4) is 0 Å². The standard InChI is InChI=1S/C23H46/c1-5-7-8-9-10-11-12-13-14-15-16-17-22-18-23(19-22)21(4)20(3)6-2/h20-23H,5-19H2,1-4H3. The van der Waals surface area contributed by atoms with Gasteiger partial charge in [0.15, 0.2) is 0 Å². The molecular weight excluding hydrogens is 276 g/mol. The van der Waals surface area contributed by atoms with Crippen LogP contribution in [0.1, 0.15) is 124 Å². The van der Waals surface area contributed by atoms with Crippen molar-refractivity contribution in [2.75, 3.05) is 0 Å². The lowest BCUT2D eigenvalue weighted by Crippen LogP contribution is -2.31. The average Bonchev–Trinajstić information content (AvgIpc) is 2.52. The first-order valence-electron chi connectivity index (χ1n) is 11.2. The lowest BCUT2D eigenvalue weighted by Gasteiger charge is -2.41. The molecule has 1 rings (SSSR count). The fourth-order valence-electron chi connectivity index (χ4n) is 4.39. The summed E-state index contributed by atoms with van der Waals surface area (Å²) in [4.78, 5) is 0. The van der Waals surface area contributed by atoms with Gasteiger partial charge in [0.2, 0.25) is 0 Å². The van der Waals surface area contributed by atoms with Crippen molar-refractivity contribution in [1.82, 2.24) is 0 Å². The van der Waals surface area contributed by atoms with Crippen molar-refractivity contribution < 1.29 is 0 Å². The van der Waals surface area contributed by atoms with Gasteiger partial charge in [-0.3, -0.25) is 0 Å². The van der Waals surface area contributed by atoms with Crippen LogP contribution in [-0.2, 0) is 0 Å². The Balaban J connectivity index is 1.81. The van der Waals surface area contributed by atoms with E-state index in [4.69, 9.17) is 0 Å². The van der Waals surface area contributed by atoms with Crippen LogP contribution in [0.2, 0.25) is 0 Å². The van der Waals surface area contributed by atoms with Gasteiger partial charge in [-0.15, -0.1) is 0 Å². The average molecular weight is 323 g/mol. The minimum absolute atomic E-state index is 0.933. The van der Waals surface area contributed by atoms with Crippen molar-refractivity contribution in [3.63, 3.8) is 0 Å². The van der Waals surface area contributed by atoms with E-state index < -0.39 is 0 Å². The zero-order valence-electron chi connectivity index (χ0n) is 16.9. The predicted octanol–water partition coefficient (Wildman–Crippen LogP) is 8.40. The highest BCUT2D eigenvalue weighted by molar-refractivity contribution is 4.84. The normalized spacial score (nSPS) is 23.5. The summed E-state index contributed by atoms with van der Waals surface area (Å²) in [7, 11) is 0. The van der Waals surface area contributed by atoms with Gasteiger partial charge in [0.25, 0.3) is 0 Å². The summed E-state index contributed by atoms with van der Waals surface area (Å²) in [6, 6.07) is 0. The van der Waals surface area contributed by atoms with Gasteiger partial charge in [0.1, 0.15) is 0 Å². The van der Waals surface area contributed by atoms with Crippen molar-refractivity contribution in [2.45, 2.75) is 124 Å². The van der Waals surface area contributed by atoms with Gasteiger partial charge in [-0.2, -0.15) is 0 Å². The van der Waals surface area contributed by atoms with E-state index in [1.54, 1.807) is 12.8 Å². The molecule has 0 heteroatoms. The van der Waals surface area contributed by atoms with E-state index in [0.29, 0.717) is 0 Å². The van der Waals surface area contributed by atoms with Crippen molar-refractivity contribution in [3.05, 3.63) is 0 Å². The molecule has 0 heterocycles. The van der Waals surface area contributed by atoms with Gasteiger partial charge in [0.05, 0.1) is 0 Å². The Labute approximate surface area is 148 Å². The predicted molar refractivity (Wildman–Crippen MR) is 106 cm³/mol. The molecule has 1 aliphatic carbocycles. The number of hydrogen-bond donors (Lipinski definition) is 0. The Morgan fingerprint density at radius 1 is 0.696 bits per heavy atom. The second-order valence-corrected chi connectivity index (χ2v) is 8.67. The molecule has 0 aliphatic heterocycles. The van der Waals surface area contributed by atoms with E-state index in [1.165, 1.54) is 83.5 Å². The van der Waals surface area contributed by atoms with E-state index in [0.717, 1.165) is 23.7 Å². The summed E-state index contributed by atoms with van der Waals surface area (Å²) in [6.07, 6.45) is 22.2. The Morgan fingerprint density at radius 2 is 1.17 bits per heavy atom. The molecule has 0 bridgehead atoms. The molecular formula is C23H46. The highest BCUT2D eigenvalue weighted by Gasteiger charge is 2.33. The zero-order chi connectivity index (χ0) is 16.9. The van der Waals surface area contributed by atoms with Gasteiger partial charge in [-0.05, 0) is 36.5 Å². The van der Waals surface area contributed by atoms with Crippen LogP contribution in [0.4, 0.5) is 0 Å². The maximum atomic E-state index is 2.50. The Morgan fingerprint density at radius 3 is 1.65 bits per heavy atom. The van der Waals surface area contributed by atoms with Gasteiger partial charge >= 0.3 is 0 Å². The summed E-state index contributed by atoms with van der Waals surface area (Å²) in [5.41, 5.74) is 0. The van der Waals surface area contributed by atoms with Gasteiger partial charge in [0, 0.05) is 0 Å². The van der Waals surface area contributed by atoms with E-state index in [1.807, 2.05) is 0 Å². The fraction of sp³-hybridized carbons (Fsp3) is 1.00. The molecule has 0 aromatic rings. The Kier molecular flexibility index (Phi) is 12.2. The van der Waals surface area contributed by atoms with Crippen LogP contribution in [0.5, 0.6) is 0 Å². The van der Waals surface area contributed by atoms with Gasteiger partial charge < -0.3 is 0 Å². The van der Waals surface area contributed by atoms with Crippen molar-refractivity contribution in [1.29, 1.82) is 0 Å². The first kappa shape index (κ1) is 21.0. The summed E-state index contributed by atoms with van der Waals surface area (Å²) in [5.74, 6) is 4.05. The molecule has 0 aromatic heterocycles. The molecule has 0 saturated heterocycles. The molecule has 1 aliphatic rings. The molecule has 1 fully saturated rings. The minimum atomic E-state index is 0.933. The molecule has 0 amide bonds. The first-order valence-corrected chi connectivity index (χ1v) is 11.2. The Bertz CT molecular complexity index is 251. The van der Waals surface area contributed by atoms with Crippen LogP contribution in [0.25, 0.3) is 0 Å². The lowest BCUT2D eigenvalue weighted by atomic mass is 9.64. The second-order valence-electron chi connectivity index (χ2n) is 8.67. The first-order chi connectivity index (χ1) is 11.2. The number of rotatable bonds is 15. The molecule has 0 aromatic carbocycles. The maximum absolute atomic E-state index is 2.50. The largest absolute Gasteiger partial charge is 0.0654 e. The quantitative estimate of drug-likeness (QED) is 0.265. The highest BCUT2D eigenvalue weighted by Crippen LogP contribution is 2.44. The van der Waals surface area contributed by atoms with Crippen molar-refractivity contribution >= 4 is 0 Å². The molecule has 0 N–H and O–H groups in total. The third-order valence-electron chi connectivity index (χ3n) is 6.77.